The van der Waals surface area contributed by atoms with Crippen LogP contribution in [0.2, 0.25) is 5.02 Å². The number of ether oxygens (including phenoxy) is 2. The van der Waals surface area contributed by atoms with Gasteiger partial charge in [0.25, 0.3) is 5.91 Å². The minimum absolute atomic E-state index is 0.00433. The molecule has 0 atom stereocenters. The zero-order valence-electron chi connectivity index (χ0n) is 16.5. The monoisotopic (exact) mass is 450 g/mol. The fraction of sp³-hybridized carbons (Fsp3) is 0.286. The Bertz CT molecular complexity index is 1140. The summed E-state index contributed by atoms with van der Waals surface area (Å²) >= 11 is 7.21. The third-order valence-corrected chi connectivity index (χ3v) is 5.59. The van der Waals surface area contributed by atoms with Crippen LogP contribution in [0, 0.1) is 5.82 Å². The number of carbonyl (C=O) groups excluding carboxylic acids is 2. The van der Waals surface area contributed by atoms with Crippen molar-refractivity contribution in [2.75, 3.05) is 19.8 Å². The van der Waals surface area contributed by atoms with Crippen molar-refractivity contribution in [3.8, 4) is 0 Å². The number of hydrogen-bond donors (Lipinski definition) is 0. The van der Waals surface area contributed by atoms with Crippen LogP contribution >= 0.6 is 22.9 Å². The largest absolute Gasteiger partial charge is 0.462 e. The molecule has 0 saturated heterocycles. The topological polar surface area (TPSA) is 69.9 Å². The van der Waals surface area contributed by atoms with Crippen LogP contribution in [0.3, 0.4) is 0 Å². The van der Waals surface area contributed by atoms with Crippen molar-refractivity contribution in [1.82, 2.24) is 4.57 Å². The predicted octanol–water partition coefficient (Wildman–Crippen LogP) is 4.45. The first kappa shape index (κ1) is 22.1. The molecule has 3 aromatic rings. The van der Waals surface area contributed by atoms with Gasteiger partial charge in [0.15, 0.2) is 4.80 Å². The quantitative estimate of drug-likeness (QED) is 0.394. The molecule has 0 unspecified atom stereocenters. The highest BCUT2D eigenvalue weighted by atomic mass is 35.5. The first-order valence-corrected chi connectivity index (χ1v) is 10.6. The van der Waals surface area contributed by atoms with Gasteiger partial charge in [-0.05, 0) is 44.2 Å². The first-order chi connectivity index (χ1) is 14.5. The minimum Gasteiger partial charge on any atom is -0.462 e. The van der Waals surface area contributed by atoms with E-state index in [1.807, 2.05) is 6.92 Å². The average molecular weight is 451 g/mol. The molecule has 0 radical (unpaired) electrons. The summed E-state index contributed by atoms with van der Waals surface area (Å²) in [6, 6.07) is 9.14. The number of carbonyl (C=O) groups is 2. The van der Waals surface area contributed by atoms with Crippen molar-refractivity contribution in [3.05, 3.63) is 63.2 Å². The van der Waals surface area contributed by atoms with Gasteiger partial charge in [-0.15, -0.1) is 0 Å². The van der Waals surface area contributed by atoms with Crippen molar-refractivity contribution in [2.45, 2.75) is 20.4 Å². The Morgan fingerprint density at radius 2 is 2.00 bits per heavy atom. The van der Waals surface area contributed by atoms with Crippen LogP contribution < -0.4 is 4.80 Å². The van der Waals surface area contributed by atoms with Crippen molar-refractivity contribution < 1.29 is 23.5 Å². The number of thiazole rings is 1. The number of esters is 1. The highest BCUT2D eigenvalue weighted by Crippen LogP contribution is 2.22. The molecular weight excluding hydrogens is 431 g/mol. The second-order valence-corrected chi connectivity index (χ2v) is 7.57. The molecule has 0 fully saturated rings. The molecule has 6 nitrogen and oxygen atoms in total. The summed E-state index contributed by atoms with van der Waals surface area (Å²) in [6.07, 6.45) is 0. The molecule has 1 amide bonds. The molecule has 0 aliphatic carbocycles. The third kappa shape index (κ3) is 4.77. The maximum absolute atomic E-state index is 14.1. The number of halogens is 2. The summed E-state index contributed by atoms with van der Waals surface area (Å²) in [4.78, 5) is 29.2. The van der Waals surface area contributed by atoms with Gasteiger partial charge in [-0.1, -0.05) is 29.0 Å². The van der Waals surface area contributed by atoms with Crippen LogP contribution in [-0.4, -0.2) is 36.3 Å². The number of nitrogens with zero attached hydrogens (tertiary/aromatic N) is 2. The average Bonchev–Trinajstić information content (AvgIpc) is 3.04. The summed E-state index contributed by atoms with van der Waals surface area (Å²) in [7, 11) is 0. The minimum atomic E-state index is -0.777. The summed E-state index contributed by atoms with van der Waals surface area (Å²) < 4.78 is 27.2. The van der Waals surface area contributed by atoms with E-state index < -0.39 is 17.7 Å². The smallest absolute Gasteiger partial charge is 0.338 e. The Hall–Kier alpha value is -2.55. The van der Waals surface area contributed by atoms with Gasteiger partial charge in [-0.3, -0.25) is 4.79 Å². The number of amides is 1. The normalized spacial score (nSPS) is 11.8. The van der Waals surface area contributed by atoms with Crippen LogP contribution in [0.1, 0.15) is 34.6 Å². The second-order valence-electron chi connectivity index (χ2n) is 6.15. The van der Waals surface area contributed by atoms with Crippen LogP contribution in [0.15, 0.2) is 41.4 Å². The Kier molecular flexibility index (Phi) is 7.36. The molecule has 0 N–H and O–H groups in total. The standard InChI is InChI=1S/C21H20ClFN2O4S/c1-3-28-11-10-25-16-9-8-13(20(27)29-4-2)12-17(16)30-21(25)24-19(26)18-14(22)6-5-7-15(18)23/h5-9,12H,3-4,10-11H2,1-2H3. The van der Waals surface area contributed by atoms with E-state index in [0.29, 0.717) is 30.1 Å². The zero-order valence-corrected chi connectivity index (χ0v) is 18.1. The van der Waals surface area contributed by atoms with Gasteiger partial charge >= 0.3 is 5.97 Å². The highest BCUT2D eigenvalue weighted by Gasteiger charge is 2.17. The molecule has 9 heteroatoms. The molecule has 0 bridgehead atoms. The van der Waals surface area contributed by atoms with Gasteiger partial charge in [0.05, 0.1) is 39.6 Å². The lowest BCUT2D eigenvalue weighted by molar-refractivity contribution is 0.0526. The molecule has 3 rings (SSSR count). The summed E-state index contributed by atoms with van der Waals surface area (Å²) in [5, 5.41) is -0.00433. The Balaban J connectivity index is 2.11. The summed E-state index contributed by atoms with van der Waals surface area (Å²) in [6.45, 7) is 5.28. The third-order valence-electron chi connectivity index (χ3n) is 4.23. The van der Waals surface area contributed by atoms with Gasteiger partial charge in [0.2, 0.25) is 0 Å². The van der Waals surface area contributed by atoms with E-state index in [1.54, 1.807) is 29.7 Å². The molecule has 0 spiro atoms. The van der Waals surface area contributed by atoms with Crippen molar-refractivity contribution in [3.63, 3.8) is 0 Å². The summed E-state index contributed by atoms with van der Waals surface area (Å²) in [5.41, 5.74) is 0.900. The van der Waals surface area contributed by atoms with Gasteiger partial charge in [0, 0.05) is 13.2 Å². The van der Waals surface area contributed by atoms with Gasteiger partial charge in [0.1, 0.15) is 5.82 Å². The van der Waals surface area contributed by atoms with Crippen molar-refractivity contribution in [2.24, 2.45) is 4.99 Å². The van der Waals surface area contributed by atoms with Crippen LogP contribution in [-0.2, 0) is 16.0 Å². The number of rotatable bonds is 7. The molecule has 1 heterocycles. The Morgan fingerprint density at radius 3 is 2.70 bits per heavy atom. The first-order valence-electron chi connectivity index (χ1n) is 9.37. The lowest BCUT2D eigenvalue weighted by atomic mass is 10.2. The predicted molar refractivity (Wildman–Crippen MR) is 114 cm³/mol. The second kappa shape index (κ2) is 9.97. The van der Waals surface area contributed by atoms with Crippen molar-refractivity contribution >= 4 is 45.0 Å². The molecule has 0 saturated carbocycles. The Morgan fingerprint density at radius 1 is 1.20 bits per heavy atom. The molecule has 158 valence electrons. The van der Waals surface area contributed by atoms with Gasteiger partial charge < -0.3 is 14.0 Å². The number of hydrogen-bond acceptors (Lipinski definition) is 5. The van der Waals surface area contributed by atoms with Gasteiger partial charge in [-0.2, -0.15) is 4.99 Å². The SMILES string of the molecule is CCOCCn1c(=NC(=O)c2c(F)cccc2Cl)sc2cc(C(=O)OCC)ccc21. The molecule has 30 heavy (non-hydrogen) atoms. The maximum atomic E-state index is 14.1. The lowest BCUT2D eigenvalue weighted by Crippen LogP contribution is -2.20. The summed E-state index contributed by atoms with van der Waals surface area (Å²) in [5.74, 6) is -1.94. The molecule has 2 aromatic carbocycles. The van der Waals surface area contributed by atoms with E-state index >= 15 is 0 Å². The highest BCUT2D eigenvalue weighted by molar-refractivity contribution is 7.16. The van der Waals surface area contributed by atoms with Gasteiger partial charge in [-0.25, -0.2) is 9.18 Å². The van der Waals surface area contributed by atoms with Crippen LogP contribution in [0.5, 0.6) is 0 Å². The van der Waals surface area contributed by atoms with E-state index in [4.69, 9.17) is 21.1 Å². The number of fused-ring (bicyclic) bond motifs is 1. The molecular formula is C21H20ClFN2O4S. The number of benzene rings is 2. The van der Waals surface area contributed by atoms with E-state index in [2.05, 4.69) is 4.99 Å². The molecule has 0 aliphatic heterocycles. The van der Waals surface area contributed by atoms with E-state index in [9.17, 15) is 14.0 Å². The van der Waals surface area contributed by atoms with E-state index in [-0.39, 0.29) is 17.2 Å². The number of aromatic nitrogens is 1. The molecule has 0 aliphatic rings. The lowest BCUT2D eigenvalue weighted by Gasteiger charge is -2.06. The van der Waals surface area contributed by atoms with Crippen LogP contribution in [0.4, 0.5) is 4.39 Å². The fourth-order valence-electron chi connectivity index (χ4n) is 2.86. The van der Waals surface area contributed by atoms with Crippen LogP contribution in [0.25, 0.3) is 10.2 Å². The van der Waals surface area contributed by atoms with Crippen molar-refractivity contribution in [1.29, 1.82) is 0 Å². The maximum Gasteiger partial charge on any atom is 0.338 e. The zero-order chi connectivity index (χ0) is 21.7. The van der Waals surface area contributed by atoms with E-state index in [0.717, 1.165) is 16.3 Å². The fourth-order valence-corrected chi connectivity index (χ4v) is 4.20. The van der Waals surface area contributed by atoms with E-state index in [1.165, 1.54) is 23.5 Å². The Labute approximate surface area is 181 Å². The molecule has 1 aromatic heterocycles.